The topological polar surface area (TPSA) is 54.4 Å². The van der Waals surface area contributed by atoms with Crippen molar-refractivity contribution in [1.29, 1.82) is 0 Å². The van der Waals surface area contributed by atoms with Crippen LogP contribution in [-0.4, -0.2) is 16.9 Å². The second kappa shape index (κ2) is 3.94. The molecule has 0 fully saturated rings. The minimum atomic E-state index is -1.67. The smallest absolute Gasteiger partial charge is 0.377 e. The number of hydrogen-bond acceptors (Lipinski definition) is 2. The molecule has 0 spiro atoms. The van der Waals surface area contributed by atoms with Crippen LogP contribution in [0.3, 0.4) is 0 Å². The second-order valence-electron chi connectivity index (χ2n) is 2.38. The summed E-state index contributed by atoms with van der Waals surface area (Å²) >= 11 is 10.8. The molecule has 0 aliphatic carbocycles. The molecule has 0 bridgehead atoms. The summed E-state index contributed by atoms with van der Waals surface area (Å²) < 4.78 is 12.7. The van der Waals surface area contributed by atoms with Crippen LogP contribution in [0.1, 0.15) is 10.4 Å². The lowest BCUT2D eigenvalue weighted by atomic mass is 10.1. The van der Waals surface area contributed by atoms with Crippen molar-refractivity contribution >= 4 is 35.0 Å². The van der Waals surface area contributed by atoms with E-state index in [1.165, 1.54) is 0 Å². The molecule has 1 aromatic carbocycles. The van der Waals surface area contributed by atoms with E-state index in [0.29, 0.717) is 0 Å². The molecule has 14 heavy (non-hydrogen) atoms. The Hall–Kier alpha value is -1.13. The Bertz CT molecular complexity index is 417. The van der Waals surface area contributed by atoms with E-state index < -0.39 is 17.6 Å². The van der Waals surface area contributed by atoms with Crippen molar-refractivity contribution in [1.82, 2.24) is 0 Å². The van der Waals surface area contributed by atoms with Gasteiger partial charge in [-0.25, -0.2) is 9.18 Å². The van der Waals surface area contributed by atoms with Crippen LogP contribution in [0, 0.1) is 5.82 Å². The van der Waals surface area contributed by atoms with E-state index in [9.17, 15) is 14.0 Å². The molecule has 0 aliphatic heterocycles. The van der Waals surface area contributed by atoms with E-state index >= 15 is 0 Å². The molecule has 1 N–H and O–H groups in total. The largest absolute Gasteiger partial charge is 0.475 e. The van der Waals surface area contributed by atoms with Gasteiger partial charge in [0.15, 0.2) is 0 Å². The van der Waals surface area contributed by atoms with Gasteiger partial charge in [0.1, 0.15) is 5.82 Å². The lowest BCUT2D eigenvalue weighted by Gasteiger charge is -2.01. The van der Waals surface area contributed by atoms with E-state index in [1.54, 1.807) is 0 Å². The molecule has 0 saturated heterocycles. The van der Waals surface area contributed by atoms with Gasteiger partial charge in [-0.1, -0.05) is 23.2 Å². The molecule has 0 aromatic heterocycles. The highest BCUT2D eigenvalue weighted by Crippen LogP contribution is 2.24. The lowest BCUT2D eigenvalue weighted by Crippen LogP contribution is -2.13. The fourth-order valence-electron chi connectivity index (χ4n) is 0.812. The van der Waals surface area contributed by atoms with E-state index in [0.717, 1.165) is 12.1 Å². The summed E-state index contributed by atoms with van der Waals surface area (Å²) in [6.45, 7) is 0. The molecule has 1 aromatic rings. The highest BCUT2D eigenvalue weighted by Gasteiger charge is 2.19. The highest BCUT2D eigenvalue weighted by atomic mass is 35.5. The van der Waals surface area contributed by atoms with Gasteiger partial charge in [-0.3, -0.25) is 4.79 Å². The van der Waals surface area contributed by atoms with Crippen molar-refractivity contribution in [3.05, 3.63) is 33.6 Å². The second-order valence-corrected chi connectivity index (χ2v) is 3.19. The SMILES string of the molecule is O=C(O)C(=O)c1cc(Cl)c(F)cc1Cl. The van der Waals surface area contributed by atoms with Crippen molar-refractivity contribution in [3.63, 3.8) is 0 Å². The van der Waals surface area contributed by atoms with Gasteiger partial charge in [-0.15, -0.1) is 0 Å². The summed E-state index contributed by atoms with van der Waals surface area (Å²) in [5, 5.41) is 7.75. The molecule has 0 amide bonds. The third kappa shape index (κ3) is 2.02. The van der Waals surface area contributed by atoms with Gasteiger partial charge in [0.05, 0.1) is 10.0 Å². The van der Waals surface area contributed by atoms with Crippen molar-refractivity contribution in [2.24, 2.45) is 0 Å². The van der Waals surface area contributed by atoms with Crippen LogP contribution in [-0.2, 0) is 4.79 Å². The number of carbonyl (C=O) groups excluding carboxylic acids is 1. The van der Waals surface area contributed by atoms with Crippen LogP contribution >= 0.6 is 23.2 Å². The van der Waals surface area contributed by atoms with Crippen LogP contribution in [0.25, 0.3) is 0 Å². The maximum absolute atomic E-state index is 12.7. The predicted octanol–water partition coefficient (Wildman–Crippen LogP) is 2.40. The first kappa shape index (κ1) is 10.9. The standard InChI is InChI=1S/C8H3Cl2FO3/c9-4-2-6(11)5(10)1-3(4)7(12)8(13)14/h1-2H,(H,13,14). The fraction of sp³-hybridized carbons (Fsp3) is 0. The molecule has 0 unspecified atom stereocenters. The Morgan fingerprint density at radius 3 is 2.29 bits per heavy atom. The number of Topliss-reactive ketones (excluding diaryl/α,β-unsaturated/α-hetero) is 1. The number of aliphatic carboxylic acids is 1. The molecule has 6 heteroatoms. The van der Waals surface area contributed by atoms with Gasteiger partial charge in [-0.05, 0) is 12.1 Å². The molecular weight excluding hydrogens is 234 g/mol. The zero-order valence-electron chi connectivity index (χ0n) is 6.55. The number of hydrogen-bond donors (Lipinski definition) is 1. The average molecular weight is 237 g/mol. The molecule has 74 valence electrons. The highest BCUT2D eigenvalue weighted by molar-refractivity contribution is 6.45. The van der Waals surface area contributed by atoms with E-state index in [1.807, 2.05) is 0 Å². The summed E-state index contributed by atoms with van der Waals surface area (Å²) in [7, 11) is 0. The third-order valence-electron chi connectivity index (χ3n) is 1.45. The van der Waals surface area contributed by atoms with Gasteiger partial charge in [0, 0.05) is 5.56 Å². The quantitative estimate of drug-likeness (QED) is 0.488. The number of carboxylic acid groups (broad SMARTS) is 1. The average Bonchev–Trinajstić information content (AvgIpc) is 2.10. The van der Waals surface area contributed by atoms with Crippen LogP contribution in [0.4, 0.5) is 4.39 Å². The Kier molecular flexibility index (Phi) is 3.08. The molecule has 3 nitrogen and oxygen atoms in total. The summed E-state index contributed by atoms with van der Waals surface area (Å²) in [6, 6.07) is 1.68. The third-order valence-corrected chi connectivity index (χ3v) is 2.05. The molecule has 0 radical (unpaired) electrons. The van der Waals surface area contributed by atoms with Crippen LogP contribution in [0.2, 0.25) is 10.0 Å². The first-order valence-corrected chi connectivity index (χ1v) is 4.11. The molecule has 0 atom stereocenters. The normalized spacial score (nSPS) is 9.93. The first-order valence-electron chi connectivity index (χ1n) is 3.35. The minimum absolute atomic E-state index is 0.278. The van der Waals surface area contributed by atoms with Gasteiger partial charge in [0.2, 0.25) is 0 Å². The summed E-state index contributed by atoms with van der Waals surface area (Å²) in [5.41, 5.74) is -0.328. The Morgan fingerprint density at radius 1 is 1.21 bits per heavy atom. The number of ketones is 1. The van der Waals surface area contributed by atoms with E-state index in [2.05, 4.69) is 0 Å². The predicted molar refractivity (Wildman–Crippen MR) is 48.4 cm³/mol. The van der Waals surface area contributed by atoms with Gasteiger partial charge in [0.25, 0.3) is 5.78 Å². The van der Waals surface area contributed by atoms with Crippen LogP contribution < -0.4 is 0 Å². The maximum Gasteiger partial charge on any atom is 0.377 e. The maximum atomic E-state index is 12.7. The molecule has 0 saturated carbocycles. The number of rotatable bonds is 2. The number of halogens is 3. The van der Waals surface area contributed by atoms with Crippen molar-refractivity contribution in [2.45, 2.75) is 0 Å². The molecule has 0 aliphatic rings. The van der Waals surface area contributed by atoms with E-state index in [4.69, 9.17) is 28.3 Å². The van der Waals surface area contributed by atoms with Crippen molar-refractivity contribution in [2.75, 3.05) is 0 Å². The molecular formula is C8H3Cl2FO3. The Labute approximate surface area is 88.1 Å². The lowest BCUT2D eigenvalue weighted by molar-refractivity contribution is -0.131. The monoisotopic (exact) mass is 236 g/mol. The molecule has 0 heterocycles. The zero-order valence-corrected chi connectivity index (χ0v) is 8.06. The number of carboxylic acids is 1. The molecule has 1 rings (SSSR count). The fourth-order valence-corrected chi connectivity index (χ4v) is 1.21. The minimum Gasteiger partial charge on any atom is -0.475 e. The van der Waals surface area contributed by atoms with Gasteiger partial charge in [-0.2, -0.15) is 0 Å². The van der Waals surface area contributed by atoms with Crippen molar-refractivity contribution < 1.29 is 19.1 Å². The van der Waals surface area contributed by atoms with Gasteiger partial charge < -0.3 is 5.11 Å². The van der Waals surface area contributed by atoms with Crippen LogP contribution in [0.5, 0.6) is 0 Å². The Balaban J connectivity index is 3.29. The zero-order chi connectivity index (χ0) is 10.9. The summed E-state index contributed by atoms with van der Waals surface area (Å²) in [5.74, 6) is -3.70. The van der Waals surface area contributed by atoms with Gasteiger partial charge >= 0.3 is 5.97 Å². The van der Waals surface area contributed by atoms with Crippen LogP contribution in [0.15, 0.2) is 12.1 Å². The number of carbonyl (C=O) groups is 2. The van der Waals surface area contributed by atoms with E-state index in [-0.39, 0.29) is 15.6 Å². The summed E-state index contributed by atoms with van der Waals surface area (Å²) in [4.78, 5) is 21.3. The van der Waals surface area contributed by atoms with Crippen molar-refractivity contribution in [3.8, 4) is 0 Å². The summed E-state index contributed by atoms with van der Waals surface area (Å²) in [6.07, 6.45) is 0. The Morgan fingerprint density at radius 2 is 1.79 bits per heavy atom. The first-order chi connectivity index (χ1) is 6.43. The number of benzene rings is 1.